The molecule has 2 aromatic carbocycles. The highest BCUT2D eigenvalue weighted by molar-refractivity contribution is 5.98. The number of primary amides is 1. The number of cyclic esters (lactones) is 1. The number of carbonyl (C=O) groups is 4. The van der Waals surface area contributed by atoms with Gasteiger partial charge in [0.05, 0.1) is 12.5 Å². The summed E-state index contributed by atoms with van der Waals surface area (Å²) in [5.41, 5.74) is 6.50. The highest BCUT2D eigenvalue weighted by Gasteiger charge is 2.35. The summed E-state index contributed by atoms with van der Waals surface area (Å²) in [5, 5.41) is 11.4. The second-order valence-corrected chi connectivity index (χ2v) is 9.60. The third-order valence-electron chi connectivity index (χ3n) is 6.64. The monoisotopic (exact) mass is 521 g/mol. The summed E-state index contributed by atoms with van der Waals surface area (Å²) >= 11 is 0. The molecule has 0 radical (unpaired) electrons. The number of Topliss-reactive ketones (excluding diaryl/α,β-unsaturated/α-hetero) is 1. The number of fused-ring (bicyclic) bond motifs is 2. The molecule has 0 unspecified atom stereocenters. The van der Waals surface area contributed by atoms with Gasteiger partial charge in [-0.25, -0.2) is 4.79 Å². The van der Waals surface area contributed by atoms with Crippen molar-refractivity contribution in [1.29, 1.82) is 0 Å². The number of hydrogen-bond donors (Lipinski definition) is 2. The summed E-state index contributed by atoms with van der Waals surface area (Å²) in [5.74, 6) is -1.88. The van der Waals surface area contributed by atoms with Gasteiger partial charge in [-0.15, -0.1) is 0 Å². The average molecular weight is 522 g/mol. The molecule has 0 bridgehead atoms. The van der Waals surface area contributed by atoms with E-state index in [4.69, 9.17) is 19.9 Å². The molecule has 0 spiro atoms. The van der Waals surface area contributed by atoms with Crippen LogP contribution in [0, 0.1) is 0 Å². The lowest BCUT2D eigenvalue weighted by molar-refractivity contribution is -0.135. The first kappa shape index (κ1) is 26.9. The predicted molar refractivity (Wildman–Crippen MR) is 138 cm³/mol. The molecule has 0 aromatic heterocycles. The molecular weight excluding hydrogens is 490 g/mol. The van der Waals surface area contributed by atoms with Crippen molar-refractivity contribution >= 4 is 29.7 Å². The van der Waals surface area contributed by atoms with E-state index in [1.165, 1.54) is 0 Å². The van der Waals surface area contributed by atoms with E-state index >= 15 is 0 Å². The number of phenols is 1. The molecule has 2 aliphatic rings. The minimum Gasteiger partial charge on any atom is -0.507 e. The maximum Gasteiger partial charge on any atom is 0.342 e. The van der Waals surface area contributed by atoms with Crippen LogP contribution in [-0.4, -0.2) is 41.4 Å². The Morgan fingerprint density at radius 1 is 1.13 bits per heavy atom. The lowest BCUT2D eigenvalue weighted by Gasteiger charge is -2.28. The molecule has 200 valence electrons. The fourth-order valence-electron chi connectivity index (χ4n) is 4.75. The molecule has 0 aliphatic carbocycles. The van der Waals surface area contributed by atoms with Gasteiger partial charge in [0.25, 0.3) is 5.91 Å². The van der Waals surface area contributed by atoms with E-state index in [0.717, 1.165) is 0 Å². The van der Waals surface area contributed by atoms with Crippen LogP contribution in [-0.2, 0) is 19.1 Å². The van der Waals surface area contributed by atoms with Crippen LogP contribution in [0.25, 0.3) is 6.08 Å². The second-order valence-electron chi connectivity index (χ2n) is 9.60. The lowest BCUT2D eigenvalue weighted by atomic mass is 9.83. The number of amides is 1. The number of hydrogen-bond acceptors (Lipinski definition) is 8. The van der Waals surface area contributed by atoms with Crippen molar-refractivity contribution < 1.29 is 38.5 Å². The van der Waals surface area contributed by atoms with E-state index in [1.807, 2.05) is 6.08 Å². The fraction of sp³-hybridized carbons (Fsp3) is 0.379. The van der Waals surface area contributed by atoms with Gasteiger partial charge in [0, 0.05) is 24.3 Å². The number of aromatic hydroxyl groups is 1. The summed E-state index contributed by atoms with van der Waals surface area (Å²) in [4.78, 5) is 48.9. The van der Waals surface area contributed by atoms with Crippen molar-refractivity contribution in [2.75, 3.05) is 6.61 Å². The zero-order chi connectivity index (χ0) is 27.2. The van der Waals surface area contributed by atoms with Gasteiger partial charge >= 0.3 is 11.9 Å². The Morgan fingerprint density at radius 2 is 1.87 bits per heavy atom. The van der Waals surface area contributed by atoms with E-state index in [1.54, 1.807) is 43.3 Å². The van der Waals surface area contributed by atoms with Crippen LogP contribution in [0.3, 0.4) is 0 Å². The minimum absolute atomic E-state index is 0.00402. The molecule has 0 saturated heterocycles. The molecule has 4 rings (SSSR count). The molecule has 38 heavy (non-hydrogen) atoms. The van der Waals surface area contributed by atoms with Gasteiger partial charge in [0.1, 0.15) is 28.6 Å². The molecule has 9 nitrogen and oxygen atoms in total. The Morgan fingerprint density at radius 3 is 2.61 bits per heavy atom. The topological polar surface area (TPSA) is 142 Å². The van der Waals surface area contributed by atoms with Gasteiger partial charge in [-0.05, 0) is 61.9 Å². The van der Waals surface area contributed by atoms with Crippen LogP contribution >= 0.6 is 0 Å². The van der Waals surface area contributed by atoms with E-state index < -0.39 is 29.9 Å². The first-order valence-electron chi connectivity index (χ1n) is 12.7. The maximum absolute atomic E-state index is 13.3. The van der Waals surface area contributed by atoms with E-state index in [2.05, 4.69) is 0 Å². The van der Waals surface area contributed by atoms with Crippen molar-refractivity contribution in [2.24, 2.45) is 5.73 Å². The highest BCUT2D eigenvalue weighted by Crippen LogP contribution is 2.47. The molecule has 0 saturated carbocycles. The average Bonchev–Trinajstić information content (AvgIpc) is 2.86. The number of carbonyl (C=O) groups excluding carboxylic acids is 4. The number of esters is 2. The third kappa shape index (κ3) is 6.40. The molecule has 2 atom stereocenters. The zero-order valence-electron chi connectivity index (χ0n) is 21.2. The highest BCUT2D eigenvalue weighted by atomic mass is 16.5. The third-order valence-corrected chi connectivity index (χ3v) is 6.64. The normalized spacial score (nSPS) is 20.4. The largest absolute Gasteiger partial charge is 0.507 e. The molecule has 3 N–H and O–H groups in total. The van der Waals surface area contributed by atoms with Gasteiger partial charge in [-0.1, -0.05) is 24.3 Å². The number of ketones is 1. The Bertz CT molecular complexity index is 1260. The van der Waals surface area contributed by atoms with Crippen LogP contribution in [0.5, 0.6) is 17.2 Å². The fourth-order valence-corrected chi connectivity index (χ4v) is 4.75. The van der Waals surface area contributed by atoms with Gasteiger partial charge in [-0.2, -0.15) is 0 Å². The van der Waals surface area contributed by atoms with Crippen molar-refractivity contribution in [2.45, 2.75) is 63.9 Å². The second kappa shape index (κ2) is 11.9. The van der Waals surface area contributed by atoms with Crippen molar-refractivity contribution in [3.63, 3.8) is 0 Å². The Balaban J connectivity index is 1.74. The van der Waals surface area contributed by atoms with Crippen LogP contribution in [0.1, 0.15) is 84.8 Å². The number of allylic oxidation sites excluding steroid dienone is 1. The van der Waals surface area contributed by atoms with Crippen molar-refractivity contribution in [3.8, 4) is 17.2 Å². The smallest absolute Gasteiger partial charge is 0.342 e. The molecular formula is C29H31NO8. The summed E-state index contributed by atoms with van der Waals surface area (Å²) in [6.07, 6.45) is 6.36. The summed E-state index contributed by atoms with van der Waals surface area (Å²) in [6, 6.07) is 8.28. The number of rotatable bonds is 4. The van der Waals surface area contributed by atoms with Gasteiger partial charge in [0.15, 0.2) is 6.61 Å². The molecule has 0 fully saturated rings. The van der Waals surface area contributed by atoms with Crippen LogP contribution in [0.15, 0.2) is 36.4 Å². The molecule has 2 heterocycles. The van der Waals surface area contributed by atoms with Gasteiger partial charge in [0.2, 0.25) is 0 Å². The first-order chi connectivity index (χ1) is 18.2. The van der Waals surface area contributed by atoms with Crippen LogP contribution < -0.4 is 15.2 Å². The Labute approximate surface area is 220 Å². The summed E-state index contributed by atoms with van der Waals surface area (Å²) in [7, 11) is 0. The number of phenolic OH excluding ortho intramolecular Hbond substituents is 1. The Kier molecular flexibility index (Phi) is 8.45. The first-order valence-corrected chi connectivity index (χ1v) is 12.7. The Hall–Kier alpha value is -4.14. The quantitative estimate of drug-likeness (QED) is 0.451. The van der Waals surface area contributed by atoms with Gasteiger partial charge in [-0.3, -0.25) is 14.4 Å². The zero-order valence-corrected chi connectivity index (χ0v) is 21.2. The summed E-state index contributed by atoms with van der Waals surface area (Å²) < 4.78 is 16.4. The van der Waals surface area contributed by atoms with Crippen molar-refractivity contribution in [1.82, 2.24) is 0 Å². The van der Waals surface area contributed by atoms with E-state index in [9.17, 15) is 24.3 Å². The predicted octanol–water partition coefficient (Wildman–Crippen LogP) is 4.18. The van der Waals surface area contributed by atoms with Crippen LogP contribution in [0.2, 0.25) is 0 Å². The standard InChI is InChI=1S/C29H31NO8/c1-17-6-5-9-20(31)8-4-2-3-7-19-14-23-27(28(34)26(19)29(35)37-17)22(15-25(33)38-23)18-10-12-21(13-11-18)36-16-24(30)32/h3,7,10-14,17,22,34H,2,4-6,8-9,15-16H2,1H3,(H2,30,32)/t17-,22-/m0/s1. The number of nitrogens with two attached hydrogens (primary N) is 1. The van der Waals surface area contributed by atoms with E-state index in [0.29, 0.717) is 61.0 Å². The minimum atomic E-state index is -0.688. The molecule has 9 heteroatoms. The number of benzene rings is 2. The maximum atomic E-state index is 13.3. The molecule has 2 aliphatic heterocycles. The summed E-state index contributed by atoms with van der Waals surface area (Å²) in [6.45, 7) is 1.49. The van der Waals surface area contributed by atoms with Crippen LogP contribution in [0.4, 0.5) is 0 Å². The molecule has 2 aromatic rings. The number of ether oxygens (including phenoxy) is 3. The van der Waals surface area contributed by atoms with E-state index in [-0.39, 0.29) is 35.9 Å². The SMILES string of the molecule is C[C@H]1CCCC(=O)CCCC=Cc2cc3c(c(O)c2C(=O)O1)[C@H](c1ccc(OCC(N)=O)cc1)CC(=O)O3. The van der Waals surface area contributed by atoms with Crippen molar-refractivity contribution in [3.05, 3.63) is 58.7 Å². The lowest BCUT2D eigenvalue weighted by Crippen LogP contribution is -2.23. The molecule has 1 amide bonds. The van der Waals surface area contributed by atoms with Gasteiger partial charge < -0.3 is 25.1 Å².